The molecule has 21 heavy (non-hydrogen) atoms. The number of anilines is 1. The van der Waals surface area contributed by atoms with Crippen LogP contribution in [0.3, 0.4) is 0 Å². The van der Waals surface area contributed by atoms with Crippen molar-refractivity contribution in [3.05, 3.63) is 67.4 Å². The molecule has 0 aliphatic rings. The summed E-state index contributed by atoms with van der Waals surface area (Å²) in [4.78, 5) is 22.3. The van der Waals surface area contributed by atoms with Gasteiger partial charge in [-0.15, -0.1) is 0 Å². The molecular formula is C13H7BrClFN2O3. The molecule has 2 rings (SSSR count). The number of hydrogen-bond acceptors (Lipinski definition) is 3. The molecule has 0 aliphatic heterocycles. The Balaban J connectivity index is 2.38. The first-order valence-electron chi connectivity index (χ1n) is 5.59. The number of benzene rings is 2. The molecule has 0 heterocycles. The van der Waals surface area contributed by atoms with Crippen molar-refractivity contribution >= 4 is 44.8 Å². The van der Waals surface area contributed by atoms with Crippen LogP contribution in [0.5, 0.6) is 0 Å². The Morgan fingerprint density at radius 2 is 2.05 bits per heavy atom. The molecule has 0 bridgehead atoms. The van der Waals surface area contributed by atoms with Crippen molar-refractivity contribution in [3.63, 3.8) is 0 Å². The van der Waals surface area contributed by atoms with Crippen LogP contribution >= 0.6 is 27.5 Å². The SMILES string of the molecule is O=C(Nc1cc(F)ccc1[N+](=O)[O-])c1cccc(Br)c1Cl. The lowest BCUT2D eigenvalue weighted by Crippen LogP contribution is -2.14. The van der Waals surface area contributed by atoms with Gasteiger partial charge in [-0.25, -0.2) is 4.39 Å². The monoisotopic (exact) mass is 372 g/mol. The Labute approximate surface area is 132 Å². The number of amides is 1. The average molecular weight is 374 g/mol. The van der Waals surface area contributed by atoms with Gasteiger partial charge in [-0.1, -0.05) is 17.7 Å². The largest absolute Gasteiger partial charge is 0.316 e. The minimum absolute atomic E-state index is 0.115. The number of rotatable bonds is 3. The topological polar surface area (TPSA) is 72.2 Å². The van der Waals surface area contributed by atoms with Crippen molar-refractivity contribution in [3.8, 4) is 0 Å². The highest BCUT2D eigenvalue weighted by atomic mass is 79.9. The molecule has 5 nitrogen and oxygen atoms in total. The summed E-state index contributed by atoms with van der Waals surface area (Å²) in [6.07, 6.45) is 0. The molecule has 1 amide bonds. The van der Waals surface area contributed by atoms with Crippen LogP contribution in [-0.4, -0.2) is 10.8 Å². The third kappa shape index (κ3) is 3.37. The molecule has 0 aliphatic carbocycles. The highest BCUT2D eigenvalue weighted by Gasteiger charge is 2.19. The van der Waals surface area contributed by atoms with Crippen LogP contribution in [0.15, 0.2) is 40.9 Å². The van der Waals surface area contributed by atoms with Crippen LogP contribution in [0.2, 0.25) is 5.02 Å². The molecule has 0 atom stereocenters. The van der Waals surface area contributed by atoms with Crippen LogP contribution in [0.4, 0.5) is 15.8 Å². The Morgan fingerprint density at radius 1 is 1.33 bits per heavy atom. The van der Waals surface area contributed by atoms with Crippen molar-refractivity contribution < 1.29 is 14.1 Å². The third-order valence-electron chi connectivity index (χ3n) is 2.60. The molecule has 0 unspecified atom stereocenters. The first-order chi connectivity index (χ1) is 9.90. The van der Waals surface area contributed by atoms with Crippen LogP contribution in [-0.2, 0) is 0 Å². The summed E-state index contributed by atoms with van der Waals surface area (Å²) in [7, 11) is 0. The molecule has 108 valence electrons. The highest BCUT2D eigenvalue weighted by molar-refractivity contribution is 9.10. The lowest BCUT2D eigenvalue weighted by atomic mass is 10.2. The fourth-order valence-electron chi connectivity index (χ4n) is 1.64. The summed E-state index contributed by atoms with van der Waals surface area (Å²) in [6.45, 7) is 0. The predicted octanol–water partition coefficient (Wildman–Crippen LogP) is 4.40. The van der Waals surface area contributed by atoms with Gasteiger partial charge in [0.25, 0.3) is 11.6 Å². The summed E-state index contributed by atoms with van der Waals surface area (Å²) < 4.78 is 13.7. The maximum atomic E-state index is 13.2. The maximum absolute atomic E-state index is 13.2. The van der Waals surface area contributed by atoms with E-state index < -0.39 is 22.3 Å². The zero-order chi connectivity index (χ0) is 15.6. The van der Waals surface area contributed by atoms with Crippen molar-refractivity contribution in [1.29, 1.82) is 0 Å². The first kappa shape index (κ1) is 15.4. The summed E-state index contributed by atoms with van der Waals surface area (Å²) in [6, 6.07) is 7.48. The number of nitro groups is 1. The van der Waals surface area contributed by atoms with Crippen molar-refractivity contribution in [2.45, 2.75) is 0 Å². The van der Waals surface area contributed by atoms with Gasteiger partial charge in [-0.3, -0.25) is 14.9 Å². The van der Waals surface area contributed by atoms with E-state index in [1.807, 2.05) is 0 Å². The molecule has 0 saturated carbocycles. The number of carbonyl (C=O) groups is 1. The van der Waals surface area contributed by atoms with E-state index in [2.05, 4.69) is 21.2 Å². The van der Waals surface area contributed by atoms with Crippen molar-refractivity contribution in [2.24, 2.45) is 0 Å². The minimum atomic E-state index is -0.711. The van der Waals surface area contributed by atoms with Gasteiger partial charge in [-0.2, -0.15) is 0 Å². The van der Waals surface area contributed by atoms with E-state index in [4.69, 9.17) is 11.6 Å². The van der Waals surface area contributed by atoms with E-state index in [0.717, 1.165) is 18.2 Å². The van der Waals surface area contributed by atoms with Crippen molar-refractivity contribution in [2.75, 3.05) is 5.32 Å². The third-order valence-corrected chi connectivity index (χ3v) is 3.90. The second-order valence-corrected chi connectivity index (χ2v) is 5.21. The number of nitrogens with zero attached hydrogens (tertiary/aromatic N) is 1. The van der Waals surface area contributed by atoms with Gasteiger partial charge in [0, 0.05) is 16.6 Å². The van der Waals surface area contributed by atoms with E-state index in [-0.39, 0.29) is 16.3 Å². The molecule has 8 heteroatoms. The van der Waals surface area contributed by atoms with Crippen LogP contribution in [0.25, 0.3) is 0 Å². The van der Waals surface area contributed by atoms with E-state index in [9.17, 15) is 19.3 Å². The molecule has 0 radical (unpaired) electrons. The van der Waals surface area contributed by atoms with Gasteiger partial charge < -0.3 is 5.32 Å². The van der Waals surface area contributed by atoms with E-state index in [1.54, 1.807) is 12.1 Å². The van der Waals surface area contributed by atoms with Gasteiger partial charge in [0.1, 0.15) is 11.5 Å². The number of carbonyl (C=O) groups excluding carboxylic acids is 1. The van der Waals surface area contributed by atoms with Crippen LogP contribution in [0.1, 0.15) is 10.4 Å². The number of halogens is 3. The second kappa shape index (κ2) is 6.19. The molecule has 1 N–H and O–H groups in total. The quantitative estimate of drug-likeness (QED) is 0.640. The summed E-state index contributed by atoms with van der Waals surface area (Å²) in [5, 5.41) is 13.3. The lowest BCUT2D eigenvalue weighted by Gasteiger charge is -2.08. The van der Waals surface area contributed by atoms with E-state index in [1.165, 1.54) is 6.07 Å². The van der Waals surface area contributed by atoms with E-state index in [0.29, 0.717) is 4.47 Å². The summed E-state index contributed by atoms with van der Waals surface area (Å²) in [5.74, 6) is -1.37. The van der Waals surface area contributed by atoms with Gasteiger partial charge in [0.15, 0.2) is 0 Å². The molecule has 2 aromatic carbocycles. The standard InChI is InChI=1S/C13H7BrClFN2O3/c14-9-3-1-2-8(12(9)15)13(19)17-10-6-7(16)4-5-11(10)18(20)21/h1-6H,(H,17,19). The zero-order valence-electron chi connectivity index (χ0n) is 10.3. The fraction of sp³-hybridized carbons (Fsp3) is 0. The van der Waals surface area contributed by atoms with Crippen molar-refractivity contribution in [1.82, 2.24) is 0 Å². The Hall–Kier alpha value is -1.99. The van der Waals surface area contributed by atoms with Crippen LogP contribution in [0, 0.1) is 15.9 Å². The van der Waals surface area contributed by atoms with Gasteiger partial charge in [0.05, 0.1) is 15.5 Å². The first-order valence-corrected chi connectivity index (χ1v) is 6.76. The summed E-state index contributed by atoms with van der Waals surface area (Å²) in [5.41, 5.74) is -0.526. The Bertz CT molecular complexity index is 739. The zero-order valence-corrected chi connectivity index (χ0v) is 12.6. The van der Waals surface area contributed by atoms with Gasteiger partial charge in [0.2, 0.25) is 0 Å². The molecule has 0 saturated heterocycles. The smallest absolute Gasteiger partial charge is 0.292 e. The number of hydrogen-bond donors (Lipinski definition) is 1. The fourth-order valence-corrected chi connectivity index (χ4v) is 2.21. The molecule has 0 aromatic heterocycles. The second-order valence-electron chi connectivity index (χ2n) is 3.97. The number of nitrogens with one attached hydrogen (secondary N) is 1. The highest BCUT2D eigenvalue weighted by Crippen LogP contribution is 2.29. The number of nitro benzene ring substituents is 1. The predicted molar refractivity (Wildman–Crippen MR) is 80.2 cm³/mol. The normalized spacial score (nSPS) is 10.2. The van der Waals surface area contributed by atoms with Gasteiger partial charge >= 0.3 is 0 Å². The van der Waals surface area contributed by atoms with E-state index >= 15 is 0 Å². The maximum Gasteiger partial charge on any atom is 0.292 e. The Kier molecular flexibility index (Phi) is 4.54. The lowest BCUT2D eigenvalue weighted by molar-refractivity contribution is -0.384. The Morgan fingerprint density at radius 3 is 2.71 bits per heavy atom. The molecular weight excluding hydrogens is 367 g/mol. The molecule has 2 aromatic rings. The minimum Gasteiger partial charge on any atom is -0.316 e. The molecule has 0 fully saturated rings. The average Bonchev–Trinajstić information content (AvgIpc) is 2.41. The van der Waals surface area contributed by atoms with Crippen LogP contribution < -0.4 is 5.32 Å². The van der Waals surface area contributed by atoms with Gasteiger partial charge in [-0.05, 0) is 34.1 Å². The summed E-state index contributed by atoms with van der Waals surface area (Å²) >= 11 is 9.14. The molecule has 0 spiro atoms.